The second kappa shape index (κ2) is 6.41. The van der Waals surface area contributed by atoms with E-state index in [1.165, 1.54) is 18.4 Å². The molecule has 0 amide bonds. The predicted molar refractivity (Wildman–Crippen MR) is 81.6 cm³/mol. The van der Waals surface area contributed by atoms with Crippen LogP contribution >= 0.6 is 11.8 Å². The fourth-order valence-electron chi connectivity index (χ4n) is 3.03. The monoisotopic (exact) mass is 288 g/mol. The molecule has 2 aromatic rings. The quantitative estimate of drug-likeness (QED) is 0.908. The Morgan fingerprint density at radius 3 is 2.80 bits per heavy atom. The molecule has 1 heterocycles. The van der Waals surface area contributed by atoms with Crippen molar-refractivity contribution in [2.24, 2.45) is 11.7 Å². The molecular weight excluding hydrogens is 268 g/mol. The highest BCUT2D eigenvalue weighted by molar-refractivity contribution is 7.99. The summed E-state index contributed by atoms with van der Waals surface area (Å²) in [5.74, 6) is 1.21. The Morgan fingerprint density at radius 1 is 1.25 bits per heavy atom. The first-order valence-corrected chi connectivity index (χ1v) is 8.02. The van der Waals surface area contributed by atoms with Crippen LogP contribution in [0.4, 0.5) is 0 Å². The van der Waals surface area contributed by atoms with Crippen LogP contribution in [0.5, 0.6) is 0 Å². The standard InChI is InChI=1S/C15H20N4S/c16-9-13-7-6-12(11-4-2-1-3-5-11)8-14(13)20-15-17-10-18-19-15/h1-5,10,12-14H,6-9,16H2,(H,17,18,19). The van der Waals surface area contributed by atoms with Gasteiger partial charge in [0.25, 0.3) is 0 Å². The molecule has 1 aromatic heterocycles. The highest BCUT2D eigenvalue weighted by atomic mass is 32.2. The summed E-state index contributed by atoms with van der Waals surface area (Å²) < 4.78 is 0. The van der Waals surface area contributed by atoms with Gasteiger partial charge in [0.05, 0.1) is 0 Å². The van der Waals surface area contributed by atoms with Crippen molar-refractivity contribution < 1.29 is 0 Å². The molecule has 0 radical (unpaired) electrons. The zero-order valence-electron chi connectivity index (χ0n) is 11.4. The minimum absolute atomic E-state index is 0.520. The summed E-state index contributed by atoms with van der Waals surface area (Å²) in [6, 6.07) is 10.8. The topological polar surface area (TPSA) is 67.6 Å². The number of aromatic amines is 1. The van der Waals surface area contributed by atoms with E-state index in [1.807, 2.05) is 0 Å². The molecule has 3 atom stereocenters. The SMILES string of the molecule is NCC1CCC(c2ccccc2)CC1Sc1ncn[nH]1. The third-order valence-electron chi connectivity index (χ3n) is 4.16. The van der Waals surface area contributed by atoms with Gasteiger partial charge in [0.1, 0.15) is 6.33 Å². The number of aromatic nitrogens is 3. The summed E-state index contributed by atoms with van der Waals surface area (Å²) >= 11 is 1.79. The molecule has 0 spiro atoms. The number of thioether (sulfide) groups is 1. The number of rotatable bonds is 4. The Balaban J connectivity index is 1.72. The van der Waals surface area contributed by atoms with Crippen LogP contribution in [0.1, 0.15) is 30.7 Å². The lowest BCUT2D eigenvalue weighted by Gasteiger charge is -2.35. The average molecular weight is 288 g/mol. The number of nitrogens with zero attached hydrogens (tertiary/aromatic N) is 2. The lowest BCUT2D eigenvalue weighted by molar-refractivity contribution is 0.343. The van der Waals surface area contributed by atoms with E-state index in [1.54, 1.807) is 18.1 Å². The maximum Gasteiger partial charge on any atom is 0.183 e. The van der Waals surface area contributed by atoms with Crippen LogP contribution in [0.15, 0.2) is 41.8 Å². The van der Waals surface area contributed by atoms with Gasteiger partial charge in [-0.15, -0.1) is 0 Å². The van der Waals surface area contributed by atoms with E-state index in [9.17, 15) is 0 Å². The Bertz CT molecular complexity index is 514. The highest BCUT2D eigenvalue weighted by Gasteiger charge is 2.31. The Hall–Kier alpha value is -1.33. The van der Waals surface area contributed by atoms with Gasteiger partial charge in [-0.25, -0.2) is 4.98 Å². The summed E-state index contributed by atoms with van der Waals surface area (Å²) in [4.78, 5) is 4.23. The first-order valence-electron chi connectivity index (χ1n) is 7.14. The van der Waals surface area contributed by atoms with Crippen LogP contribution in [0.25, 0.3) is 0 Å². The zero-order chi connectivity index (χ0) is 13.8. The fourth-order valence-corrected chi connectivity index (χ4v) is 4.30. The van der Waals surface area contributed by atoms with E-state index in [0.717, 1.165) is 18.1 Å². The van der Waals surface area contributed by atoms with Crippen molar-refractivity contribution >= 4 is 11.8 Å². The summed E-state index contributed by atoms with van der Waals surface area (Å²) in [6.45, 7) is 0.757. The van der Waals surface area contributed by atoms with Crippen molar-refractivity contribution in [3.8, 4) is 0 Å². The molecule has 3 N–H and O–H groups in total. The Labute approximate surface area is 123 Å². The van der Waals surface area contributed by atoms with E-state index in [2.05, 4.69) is 45.5 Å². The highest BCUT2D eigenvalue weighted by Crippen LogP contribution is 2.42. The molecule has 0 saturated heterocycles. The third-order valence-corrected chi connectivity index (χ3v) is 5.46. The first kappa shape index (κ1) is 13.6. The molecule has 3 unspecified atom stereocenters. The number of H-pyrrole nitrogens is 1. The number of nitrogens with one attached hydrogen (secondary N) is 1. The normalized spacial score (nSPS) is 26.6. The van der Waals surface area contributed by atoms with E-state index in [-0.39, 0.29) is 0 Å². The third kappa shape index (κ3) is 3.04. The van der Waals surface area contributed by atoms with Gasteiger partial charge >= 0.3 is 0 Å². The number of nitrogens with two attached hydrogens (primary N) is 1. The summed E-state index contributed by atoms with van der Waals surface area (Å²) in [7, 11) is 0. The molecule has 1 aliphatic rings. The number of benzene rings is 1. The molecule has 0 bridgehead atoms. The maximum atomic E-state index is 5.95. The van der Waals surface area contributed by atoms with Crippen molar-refractivity contribution in [1.29, 1.82) is 0 Å². The van der Waals surface area contributed by atoms with Gasteiger partial charge in [-0.2, -0.15) is 5.10 Å². The van der Waals surface area contributed by atoms with Crippen molar-refractivity contribution in [2.75, 3.05) is 6.54 Å². The fraction of sp³-hybridized carbons (Fsp3) is 0.467. The van der Waals surface area contributed by atoms with Gasteiger partial charge in [-0.05, 0) is 43.2 Å². The molecule has 3 rings (SSSR count). The lowest BCUT2D eigenvalue weighted by atomic mass is 9.78. The zero-order valence-corrected chi connectivity index (χ0v) is 12.2. The van der Waals surface area contributed by atoms with Crippen LogP contribution in [0, 0.1) is 5.92 Å². The molecule has 0 aliphatic heterocycles. The van der Waals surface area contributed by atoms with Gasteiger partial charge in [-0.3, -0.25) is 5.10 Å². The minimum atomic E-state index is 0.520. The molecule has 106 valence electrons. The van der Waals surface area contributed by atoms with Crippen LogP contribution in [-0.4, -0.2) is 27.0 Å². The molecule has 1 aromatic carbocycles. The van der Waals surface area contributed by atoms with Gasteiger partial charge in [0, 0.05) is 5.25 Å². The summed E-state index contributed by atoms with van der Waals surface area (Å²) in [5.41, 5.74) is 7.40. The molecule has 1 fully saturated rings. The van der Waals surface area contributed by atoms with E-state index in [4.69, 9.17) is 5.73 Å². The number of hydrogen-bond acceptors (Lipinski definition) is 4. The summed E-state index contributed by atoms with van der Waals surface area (Å²) in [6.07, 6.45) is 5.16. The van der Waals surface area contributed by atoms with E-state index >= 15 is 0 Å². The molecule has 1 aliphatic carbocycles. The van der Waals surface area contributed by atoms with E-state index < -0.39 is 0 Å². The molecule has 1 saturated carbocycles. The smallest absolute Gasteiger partial charge is 0.183 e. The second-order valence-corrected chi connectivity index (χ2v) is 6.59. The molecule has 5 heteroatoms. The van der Waals surface area contributed by atoms with Gasteiger partial charge < -0.3 is 5.73 Å². The number of hydrogen-bond donors (Lipinski definition) is 2. The van der Waals surface area contributed by atoms with Gasteiger partial charge in [-0.1, -0.05) is 42.1 Å². The van der Waals surface area contributed by atoms with Gasteiger partial charge in [0.15, 0.2) is 5.16 Å². The second-order valence-electron chi connectivity index (χ2n) is 5.36. The van der Waals surface area contributed by atoms with Gasteiger partial charge in [0.2, 0.25) is 0 Å². The van der Waals surface area contributed by atoms with Crippen LogP contribution in [0.3, 0.4) is 0 Å². The lowest BCUT2D eigenvalue weighted by Crippen LogP contribution is -2.31. The predicted octanol–water partition coefficient (Wildman–Crippen LogP) is 2.81. The Kier molecular flexibility index (Phi) is 4.38. The molecular formula is C15H20N4S. The minimum Gasteiger partial charge on any atom is -0.330 e. The average Bonchev–Trinajstić information content (AvgIpc) is 3.01. The van der Waals surface area contributed by atoms with Crippen molar-refractivity contribution in [1.82, 2.24) is 15.2 Å². The molecule has 4 nitrogen and oxygen atoms in total. The van der Waals surface area contributed by atoms with Crippen molar-refractivity contribution in [3.05, 3.63) is 42.2 Å². The van der Waals surface area contributed by atoms with Crippen molar-refractivity contribution in [3.63, 3.8) is 0 Å². The molecule has 20 heavy (non-hydrogen) atoms. The van der Waals surface area contributed by atoms with Crippen LogP contribution in [-0.2, 0) is 0 Å². The van der Waals surface area contributed by atoms with Crippen LogP contribution < -0.4 is 5.73 Å². The summed E-state index contributed by atoms with van der Waals surface area (Å²) in [5, 5.41) is 8.30. The van der Waals surface area contributed by atoms with Crippen molar-refractivity contribution in [2.45, 2.75) is 35.6 Å². The first-order chi connectivity index (χ1) is 9.86. The Morgan fingerprint density at radius 2 is 2.10 bits per heavy atom. The maximum absolute atomic E-state index is 5.95. The van der Waals surface area contributed by atoms with E-state index in [0.29, 0.717) is 17.1 Å². The van der Waals surface area contributed by atoms with Crippen LogP contribution in [0.2, 0.25) is 0 Å². The largest absolute Gasteiger partial charge is 0.330 e.